The molecule has 6 aromatic heterocycles. The van der Waals surface area contributed by atoms with Gasteiger partial charge in [0.1, 0.15) is 48.2 Å². The molecular weight excluding hydrogens is 1070 g/mol. The zero-order chi connectivity index (χ0) is 49.5. The Morgan fingerprint density at radius 3 is 1.10 bits per heavy atom. The Hall–Kier alpha value is -5.42. The number of aliphatic hydroxyl groups is 1. The number of aromatic nitrogens is 6. The fourth-order valence-corrected chi connectivity index (χ4v) is 7.29. The van der Waals surface area contributed by atoms with Gasteiger partial charge in [-0.25, -0.2) is 29.9 Å². The molecule has 0 saturated heterocycles. The highest BCUT2D eigenvalue weighted by Crippen LogP contribution is 2.38. The summed E-state index contributed by atoms with van der Waals surface area (Å²) >= 11 is 19.2. The lowest BCUT2D eigenvalue weighted by atomic mass is 10.2. The molecule has 0 saturated carbocycles. The van der Waals surface area contributed by atoms with Crippen molar-refractivity contribution in [3.05, 3.63) is 117 Å². The van der Waals surface area contributed by atoms with E-state index in [1.54, 1.807) is 6.92 Å². The third-order valence-corrected chi connectivity index (χ3v) is 11.8. The van der Waals surface area contributed by atoms with Crippen LogP contribution in [0.15, 0.2) is 55.4 Å². The molecule has 6 aromatic rings. The number of hydrogen-bond donors (Lipinski definition) is 5. The number of ketones is 1. The third kappa shape index (κ3) is 18.1. The maximum atomic E-state index is 12.7. The fourth-order valence-electron chi connectivity index (χ4n) is 4.44. The Labute approximate surface area is 421 Å². The topological polar surface area (TPSA) is 228 Å². The number of hydrogen-bond acceptors (Lipinski definition) is 15. The van der Waals surface area contributed by atoms with E-state index in [0.29, 0.717) is 28.2 Å². The van der Waals surface area contributed by atoms with Crippen LogP contribution in [0.5, 0.6) is 0 Å². The predicted octanol–water partition coefficient (Wildman–Crippen LogP) is 13.2. The van der Waals surface area contributed by atoms with Gasteiger partial charge in [-0.2, -0.15) is 39.5 Å². The Morgan fingerprint density at radius 2 is 0.843 bits per heavy atom. The number of anilines is 3. The van der Waals surface area contributed by atoms with Crippen LogP contribution in [0.2, 0.25) is 15.1 Å². The highest BCUT2D eigenvalue weighted by molar-refractivity contribution is 7.15. The number of pyridine rings is 3. The van der Waals surface area contributed by atoms with Crippen molar-refractivity contribution in [3.8, 4) is 0 Å². The number of nitrogens with two attached hydrogens (primary N) is 1. The number of thiazole rings is 3. The van der Waals surface area contributed by atoms with Crippen LogP contribution in [0.1, 0.15) is 128 Å². The molecule has 0 bridgehead atoms. The van der Waals surface area contributed by atoms with Crippen LogP contribution in [-0.2, 0) is 18.5 Å². The minimum absolute atomic E-state index is 0. The van der Waals surface area contributed by atoms with Gasteiger partial charge in [-0.15, -0.1) is 34.0 Å². The van der Waals surface area contributed by atoms with Crippen LogP contribution in [0.3, 0.4) is 0 Å². The van der Waals surface area contributed by atoms with Crippen LogP contribution < -0.4 is 21.7 Å². The molecule has 15 nitrogen and oxygen atoms in total. The maximum Gasteiger partial charge on any atom is 0.418 e. The number of nitrogens with one attached hydrogen (secondary N) is 3. The summed E-state index contributed by atoms with van der Waals surface area (Å²) in [7, 11) is 0. The van der Waals surface area contributed by atoms with E-state index in [-0.39, 0.29) is 78.6 Å². The molecule has 0 radical (unpaired) electrons. The molecule has 0 fully saturated rings. The summed E-state index contributed by atoms with van der Waals surface area (Å²) in [6.45, 7) is 4.48. The molecule has 30 heteroatoms. The number of halogens is 12. The largest absolute Gasteiger partial charge is 0.418 e. The van der Waals surface area contributed by atoms with E-state index in [9.17, 15) is 63.8 Å². The number of carbonyl (C=O) groups excluding carboxylic acids is 4. The van der Waals surface area contributed by atoms with Crippen LogP contribution in [0, 0.1) is 0 Å². The number of amides is 3. The second kappa shape index (κ2) is 26.7. The molecule has 6 heterocycles. The molecule has 70 heavy (non-hydrogen) atoms. The van der Waals surface area contributed by atoms with Gasteiger partial charge < -0.3 is 26.8 Å². The minimum Gasteiger partial charge on any atom is -0.386 e. The van der Waals surface area contributed by atoms with Gasteiger partial charge in [0.05, 0.1) is 56.4 Å². The van der Waals surface area contributed by atoms with E-state index in [0.717, 1.165) is 58.8 Å². The Balaban J connectivity index is 0.000000992. The standard InChI is InChI=1S/C12H10ClF3N4OS.C12H9ClF3N3O2S.C12H7ClF3N3O2S.4CH4/c1-5(17)11-19-4-8(22-11)10(21)20-9-2-6(12(14,15)16)7(13)3-18-9;2*1-5(20)11-18-4-8(22-11)10(21)19-9-2-6(12(14,15)16)7(13)3-17-9;;;;/h2-5H,17H2,1H3,(H,18,20,21);2-5,20H,1H3,(H,17,19,21);2-4H,1H3,(H,17,19,21);4*1H4/t5-;;;;;;/m1....../s1. The monoisotopic (exact) mass is 1110 g/mol. The van der Waals surface area contributed by atoms with Gasteiger partial charge in [0.25, 0.3) is 17.7 Å². The summed E-state index contributed by atoms with van der Waals surface area (Å²) in [5.41, 5.74) is 2.37. The molecule has 6 rings (SSSR count). The van der Waals surface area contributed by atoms with Gasteiger partial charge in [0.15, 0.2) is 10.8 Å². The second-order valence-electron chi connectivity index (χ2n) is 12.7. The molecule has 1 unspecified atom stereocenters. The lowest BCUT2D eigenvalue weighted by Gasteiger charge is -2.10. The van der Waals surface area contributed by atoms with E-state index in [4.69, 9.17) is 40.5 Å². The minimum atomic E-state index is -4.66. The van der Waals surface area contributed by atoms with Crippen LogP contribution in [0.4, 0.5) is 57.0 Å². The summed E-state index contributed by atoms with van der Waals surface area (Å²) in [6, 6.07) is 1.62. The molecule has 0 spiro atoms. The molecule has 6 N–H and O–H groups in total. The maximum absolute atomic E-state index is 12.7. The first kappa shape index (κ1) is 64.6. The van der Waals surface area contributed by atoms with E-state index < -0.39 is 74.1 Å². The van der Waals surface area contributed by atoms with Gasteiger partial charge >= 0.3 is 18.5 Å². The van der Waals surface area contributed by atoms with Crippen LogP contribution in [0.25, 0.3) is 0 Å². The SMILES string of the molecule is C.C.C.C.CC(=O)c1ncc(C(=O)Nc2cc(C(F)(F)F)c(Cl)cn2)s1.CC(O)c1ncc(C(=O)Nc2cc(C(F)(F)F)c(Cl)cn2)s1.C[C@@H](N)c1ncc(C(=O)Nc2cc(C(F)(F)F)c(Cl)cn2)s1. The third-order valence-electron chi connectivity index (χ3n) is 7.48. The van der Waals surface area contributed by atoms with Gasteiger partial charge in [-0.05, 0) is 32.0 Å². The Morgan fingerprint density at radius 1 is 0.543 bits per heavy atom. The molecule has 0 aliphatic rings. The lowest BCUT2D eigenvalue weighted by Crippen LogP contribution is -2.13. The van der Waals surface area contributed by atoms with Gasteiger partial charge in [0, 0.05) is 25.5 Å². The molecule has 2 atom stereocenters. The van der Waals surface area contributed by atoms with Gasteiger partial charge in [0.2, 0.25) is 0 Å². The van der Waals surface area contributed by atoms with Crippen molar-refractivity contribution in [2.75, 3.05) is 16.0 Å². The van der Waals surface area contributed by atoms with E-state index in [1.165, 1.54) is 26.2 Å². The van der Waals surface area contributed by atoms with Crippen LogP contribution >= 0.6 is 68.8 Å². The van der Waals surface area contributed by atoms with Crippen molar-refractivity contribution in [1.29, 1.82) is 0 Å². The Kier molecular flexibility index (Phi) is 24.6. The number of Topliss-reactive ketones (excluding diaryl/α,β-unsaturated/α-hetero) is 1. The van der Waals surface area contributed by atoms with E-state index >= 15 is 0 Å². The quantitative estimate of drug-likeness (QED) is 0.0673. The van der Waals surface area contributed by atoms with Crippen molar-refractivity contribution in [2.45, 2.75) is 81.2 Å². The average Bonchev–Trinajstić information content (AvgIpc) is 4.02. The molecule has 384 valence electrons. The molecule has 0 aliphatic heterocycles. The first-order valence-corrected chi connectivity index (χ1v) is 21.1. The summed E-state index contributed by atoms with van der Waals surface area (Å²) in [5, 5.41) is 15.4. The summed E-state index contributed by atoms with van der Waals surface area (Å²) in [4.78, 5) is 69.7. The first-order chi connectivity index (χ1) is 30.5. The molecule has 0 aliphatic carbocycles. The predicted molar refractivity (Wildman–Crippen MR) is 253 cm³/mol. The van der Waals surface area contributed by atoms with Crippen molar-refractivity contribution >= 4 is 110 Å². The average molecular weight is 1120 g/mol. The van der Waals surface area contributed by atoms with E-state index in [2.05, 4.69) is 45.9 Å². The zero-order valence-corrected chi connectivity index (χ0v) is 37.7. The normalized spacial score (nSPS) is 11.7. The first-order valence-electron chi connectivity index (χ1n) is 17.5. The molecule has 3 amide bonds. The highest BCUT2D eigenvalue weighted by Gasteiger charge is 2.36. The summed E-state index contributed by atoms with van der Waals surface area (Å²) in [5.74, 6) is -3.16. The fraction of sp³-hybridized carbons (Fsp3) is 0.300. The van der Waals surface area contributed by atoms with Crippen molar-refractivity contribution in [3.63, 3.8) is 0 Å². The zero-order valence-electron chi connectivity index (χ0n) is 33.0. The number of aliphatic hydroxyl groups excluding tert-OH is 1. The number of carbonyl (C=O) groups is 4. The lowest BCUT2D eigenvalue weighted by molar-refractivity contribution is -0.138. The van der Waals surface area contributed by atoms with Crippen molar-refractivity contribution < 1.29 is 63.8 Å². The van der Waals surface area contributed by atoms with Gasteiger partial charge in [-0.1, -0.05) is 64.5 Å². The number of alkyl halides is 9. The highest BCUT2D eigenvalue weighted by atomic mass is 35.5. The smallest absolute Gasteiger partial charge is 0.386 e. The summed E-state index contributed by atoms with van der Waals surface area (Å²) in [6.07, 6.45) is -8.64. The summed E-state index contributed by atoms with van der Waals surface area (Å²) < 4.78 is 114. The van der Waals surface area contributed by atoms with Crippen LogP contribution in [-0.4, -0.2) is 58.5 Å². The van der Waals surface area contributed by atoms with Crippen molar-refractivity contribution in [1.82, 2.24) is 29.9 Å². The molecule has 0 aromatic carbocycles. The van der Waals surface area contributed by atoms with Crippen molar-refractivity contribution in [2.24, 2.45) is 5.73 Å². The molecular formula is C40H42Cl3F9N10O5S3. The number of nitrogens with zero attached hydrogens (tertiary/aromatic N) is 6. The number of rotatable bonds is 9. The van der Waals surface area contributed by atoms with Gasteiger partial charge in [-0.3, -0.25) is 19.2 Å². The van der Waals surface area contributed by atoms with E-state index in [1.807, 2.05) is 0 Å². The second-order valence-corrected chi connectivity index (χ2v) is 17.1. The Bertz CT molecular complexity index is 2610.